The highest BCUT2D eigenvalue weighted by Gasteiger charge is 2.13. The summed E-state index contributed by atoms with van der Waals surface area (Å²) < 4.78 is 7.26. The second kappa shape index (κ2) is 4.00. The third-order valence-corrected chi connectivity index (χ3v) is 2.69. The fourth-order valence-corrected chi connectivity index (χ4v) is 1.95. The monoisotopic (exact) mass is 238 g/mol. The Morgan fingerprint density at radius 1 is 1.39 bits per heavy atom. The minimum absolute atomic E-state index is 0.439. The Kier molecular flexibility index (Phi) is 2.34. The van der Waals surface area contributed by atoms with E-state index < -0.39 is 0 Å². The molecule has 2 heterocycles. The molecule has 0 spiro atoms. The number of aromatic nitrogens is 3. The summed E-state index contributed by atoms with van der Waals surface area (Å²) in [7, 11) is 0. The molecule has 5 nitrogen and oxygen atoms in total. The Hall–Kier alpha value is -2.61. The van der Waals surface area contributed by atoms with Crippen molar-refractivity contribution in [3.8, 4) is 12.1 Å². The zero-order chi connectivity index (χ0) is 12.5. The first-order chi connectivity index (χ1) is 8.85. The predicted molar refractivity (Wildman–Crippen MR) is 66.4 cm³/mol. The van der Waals surface area contributed by atoms with E-state index in [1.165, 1.54) is 6.20 Å². The van der Waals surface area contributed by atoms with E-state index in [2.05, 4.69) is 16.0 Å². The maximum absolute atomic E-state index is 9.10. The van der Waals surface area contributed by atoms with E-state index in [4.69, 9.17) is 10.00 Å². The summed E-state index contributed by atoms with van der Waals surface area (Å²) in [6.07, 6.45) is 1.49. The van der Waals surface area contributed by atoms with E-state index in [0.29, 0.717) is 23.8 Å². The van der Waals surface area contributed by atoms with Gasteiger partial charge in [-0.25, -0.2) is 14.4 Å². The molecule has 0 aliphatic rings. The zero-order valence-electron chi connectivity index (χ0n) is 9.79. The van der Waals surface area contributed by atoms with Gasteiger partial charge in [0, 0.05) is 0 Å². The van der Waals surface area contributed by atoms with Crippen molar-refractivity contribution in [2.45, 2.75) is 6.92 Å². The first-order valence-corrected chi connectivity index (χ1v) is 5.64. The number of hydrogen-bond donors (Lipinski definition) is 0. The van der Waals surface area contributed by atoms with Gasteiger partial charge in [-0.05, 0) is 19.1 Å². The number of ether oxygens (including phenoxy) is 1. The highest BCUT2D eigenvalue weighted by molar-refractivity contribution is 5.82. The second-order valence-corrected chi connectivity index (χ2v) is 3.76. The highest BCUT2D eigenvalue weighted by atomic mass is 16.5. The Labute approximate surface area is 103 Å². The smallest absolute Gasteiger partial charge is 0.302 e. The molecule has 0 fully saturated rings. The molecule has 3 aromatic rings. The van der Waals surface area contributed by atoms with Crippen LogP contribution in [-0.2, 0) is 0 Å². The number of imidazole rings is 1. The molecule has 88 valence electrons. The summed E-state index contributed by atoms with van der Waals surface area (Å²) in [5.74, 6) is 0. The lowest BCUT2D eigenvalue weighted by Gasteiger charge is -2.05. The van der Waals surface area contributed by atoms with E-state index in [9.17, 15) is 0 Å². The number of hydrogen-bond acceptors (Lipinski definition) is 4. The molecule has 2 aromatic heterocycles. The summed E-state index contributed by atoms with van der Waals surface area (Å²) in [6, 6.07) is 10.2. The number of fused-ring (bicyclic) bond motifs is 3. The summed E-state index contributed by atoms with van der Waals surface area (Å²) >= 11 is 0. The first-order valence-electron chi connectivity index (χ1n) is 5.64. The molecule has 0 atom stereocenters. The summed E-state index contributed by atoms with van der Waals surface area (Å²) in [4.78, 5) is 8.62. The number of nitrogens with zero attached hydrogens (tertiary/aromatic N) is 4. The summed E-state index contributed by atoms with van der Waals surface area (Å²) in [5, 5.41) is 9.10. The van der Waals surface area contributed by atoms with Crippen LogP contribution in [0.5, 0.6) is 6.01 Å². The van der Waals surface area contributed by atoms with E-state index in [1.807, 2.05) is 31.2 Å². The molecule has 1 aromatic carbocycles. The largest absolute Gasteiger partial charge is 0.465 e. The zero-order valence-corrected chi connectivity index (χ0v) is 9.79. The topological polar surface area (TPSA) is 63.2 Å². The van der Waals surface area contributed by atoms with Crippen molar-refractivity contribution in [1.82, 2.24) is 14.4 Å². The fraction of sp³-hybridized carbons (Fsp3) is 0.154. The van der Waals surface area contributed by atoms with Crippen molar-refractivity contribution in [3.05, 3.63) is 36.0 Å². The lowest BCUT2D eigenvalue weighted by molar-refractivity contribution is 0.309. The minimum Gasteiger partial charge on any atom is -0.465 e. The van der Waals surface area contributed by atoms with Crippen LogP contribution in [0.25, 0.3) is 16.7 Å². The van der Waals surface area contributed by atoms with Gasteiger partial charge in [-0.3, -0.25) is 0 Å². The highest BCUT2D eigenvalue weighted by Crippen LogP contribution is 2.23. The van der Waals surface area contributed by atoms with Gasteiger partial charge in [-0.2, -0.15) is 5.26 Å². The van der Waals surface area contributed by atoms with Crippen LogP contribution in [0.1, 0.15) is 12.5 Å². The van der Waals surface area contributed by atoms with Gasteiger partial charge in [0.25, 0.3) is 0 Å². The van der Waals surface area contributed by atoms with Crippen molar-refractivity contribution in [1.29, 1.82) is 5.26 Å². The maximum atomic E-state index is 9.10. The van der Waals surface area contributed by atoms with Gasteiger partial charge >= 0.3 is 6.01 Å². The Morgan fingerprint density at radius 3 is 3.00 bits per heavy atom. The molecule has 0 bridgehead atoms. The van der Waals surface area contributed by atoms with Gasteiger partial charge in [0.1, 0.15) is 11.6 Å². The van der Waals surface area contributed by atoms with Gasteiger partial charge in [0.2, 0.25) is 0 Å². The van der Waals surface area contributed by atoms with Crippen LogP contribution in [0.3, 0.4) is 0 Å². The standard InChI is InChI=1S/C13H10N4O/c1-2-18-13-15-8-9(7-14)12-16-10-5-3-4-6-11(10)17(12)13/h3-6,8H,2H2,1H3. The average molecular weight is 238 g/mol. The SMILES string of the molecule is CCOc1ncc(C#N)c2nc3ccccc3n12. The van der Waals surface area contributed by atoms with Crippen molar-refractivity contribution >= 4 is 16.7 Å². The molecule has 0 unspecified atom stereocenters. The van der Waals surface area contributed by atoms with Crippen molar-refractivity contribution in [2.24, 2.45) is 0 Å². The number of rotatable bonds is 2. The molecular formula is C13H10N4O. The van der Waals surface area contributed by atoms with Gasteiger partial charge < -0.3 is 4.74 Å². The molecular weight excluding hydrogens is 228 g/mol. The van der Waals surface area contributed by atoms with Crippen LogP contribution in [0.2, 0.25) is 0 Å². The molecule has 0 saturated carbocycles. The molecule has 3 rings (SSSR count). The van der Waals surface area contributed by atoms with E-state index in [0.717, 1.165) is 11.0 Å². The summed E-state index contributed by atoms with van der Waals surface area (Å²) in [5.41, 5.74) is 2.73. The molecule has 0 amide bonds. The Bertz CT molecular complexity index is 770. The summed E-state index contributed by atoms with van der Waals surface area (Å²) in [6.45, 7) is 2.41. The number of nitriles is 1. The lowest BCUT2D eigenvalue weighted by atomic mass is 10.3. The van der Waals surface area contributed by atoms with E-state index >= 15 is 0 Å². The second-order valence-electron chi connectivity index (χ2n) is 3.76. The maximum Gasteiger partial charge on any atom is 0.302 e. The van der Waals surface area contributed by atoms with Gasteiger partial charge in [0.05, 0.1) is 23.8 Å². The van der Waals surface area contributed by atoms with Crippen molar-refractivity contribution < 1.29 is 4.74 Å². The normalized spacial score (nSPS) is 10.7. The molecule has 0 aliphatic heterocycles. The van der Waals surface area contributed by atoms with Gasteiger partial charge in [-0.15, -0.1) is 0 Å². The van der Waals surface area contributed by atoms with Crippen LogP contribution in [-0.4, -0.2) is 21.0 Å². The van der Waals surface area contributed by atoms with Crippen molar-refractivity contribution in [2.75, 3.05) is 6.61 Å². The molecule has 0 N–H and O–H groups in total. The van der Waals surface area contributed by atoms with Gasteiger partial charge in [0.15, 0.2) is 5.65 Å². The number of benzene rings is 1. The Morgan fingerprint density at radius 2 is 2.22 bits per heavy atom. The lowest BCUT2D eigenvalue weighted by Crippen LogP contribution is -2.02. The van der Waals surface area contributed by atoms with E-state index in [1.54, 1.807) is 4.40 Å². The molecule has 0 aliphatic carbocycles. The first kappa shape index (κ1) is 10.5. The van der Waals surface area contributed by atoms with Crippen LogP contribution in [0.15, 0.2) is 30.5 Å². The third kappa shape index (κ3) is 1.39. The molecule has 0 radical (unpaired) electrons. The molecule has 18 heavy (non-hydrogen) atoms. The quantitative estimate of drug-likeness (QED) is 0.686. The average Bonchev–Trinajstić information content (AvgIpc) is 2.79. The van der Waals surface area contributed by atoms with Crippen molar-refractivity contribution in [3.63, 3.8) is 0 Å². The fourth-order valence-electron chi connectivity index (χ4n) is 1.95. The van der Waals surface area contributed by atoms with Crippen LogP contribution in [0.4, 0.5) is 0 Å². The van der Waals surface area contributed by atoms with E-state index in [-0.39, 0.29) is 0 Å². The van der Waals surface area contributed by atoms with Crippen LogP contribution >= 0.6 is 0 Å². The molecule has 5 heteroatoms. The third-order valence-electron chi connectivity index (χ3n) is 2.69. The molecule has 0 saturated heterocycles. The van der Waals surface area contributed by atoms with Crippen LogP contribution < -0.4 is 4.74 Å². The predicted octanol–water partition coefficient (Wildman–Crippen LogP) is 2.15. The number of para-hydroxylation sites is 2. The van der Waals surface area contributed by atoms with Gasteiger partial charge in [-0.1, -0.05) is 12.1 Å². The van der Waals surface area contributed by atoms with Crippen LogP contribution in [0, 0.1) is 11.3 Å². The Balaban J connectivity index is 2.49. The minimum atomic E-state index is 0.439.